The third kappa shape index (κ3) is 3.26. The average molecular weight is 314 g/mol. The summed E-state index contributed by atoms with van der Waals surface area (Å²) in [6, 6.07) is 10.6. The molecule has 2 aromatic rings. The van der Waals surface area contributed by atoms with Gasteiger partial charge in [-0.3, -0.25) is 9.69 Å². The highest BCUT2D eigenvalue weighted by Crippen LogP contribution is 2.17. The van der Waals surface area contributed by atoms with Gasteiger partial charge in [-0.25, -0.2) is 13.6 Å². The van der Waals surface area contributed by atoms with E-state index in [1.807, 2.05) is 0 Å². The largest absolute Gasteiger partial charge is 0.329 e. The smallest absolute Gasteiger partial charge is 0.303 e. The van der Waals surface area contributed by atoms with Crippen molar-refractivity contribution in [3.8, 4) is 0 Å². The zero-order valence-electron chi connectivity index (χ0n) is 11.9. The Morgan fingerprint density at radius 3 is 2.09 bits per heavy atom. The van der Waals surface area contributed by atoms with Crippen molar-refractivity contribution in [2.75, 3.05) is 0 Å². The van der Waals surface area contributed by atoms with Gasteiger partial charge in [-0.2, -0.15) is 0 Å². The third-order valence-corrected chi connectivity index (χ3v) is 3.40. The van der Waals surface area contributed by atoms with Crippen LogP contribution >= 0.6 is 0 Å². The number of nitrogens with zero attached hydrogens (tertiary/aromatic N) is 1. The van der Waals surface area contributed by atoms with Crippen LogP contribution in [0.2, 0.25) is 0 Å². The summed E-state index contributed by atoms with van der Waals surface area (Å²) in [6.07, 6.45) is 1.48. The first-order chi connectivity index (χ1) is 11.0. The molecule has 0 unspecified atom stereocenters. The lowest BCUT2D eigenvalue weighted by molar-refractivity contribution is -0.123. The van der Waals surface area contributed by atoms with Gasteiger partial charge in [-0.05, 0) is 41.5 Å². The number of halogens is 2. The first-order valence-corrected chi connectivity index (χ1v) is 6.87. The summed E-state index contributed by atoms with van der Waals surface area (Å²) >= 11 is 0. The van der Waals surface area contributed by atoms with E-state index >= 15 is 0 Å². The van der Waals surface area contributed by atoms with Crippen LogP contribution in [0, 0.1) is 11.6 Å². The van der Waals surface area contributed by atoms with Crippen LogP contribution in [0.5, 0.6) is 0 Å². The lowest BCUT2D eigenvalue weighted by Crippen LogP contribution is -2.30. The summed E-state index contributed by atoms with van der Waals surface area (Å²) in [7, 11) is 0. The van der Waals surface area contributed by atoms with Gasteiger partial charge < -0.3 is 5.32 Å². The Hall–Kier alpha value is -3.02. The Labute approximate surface area is 131 Å². The van der Waals surface area contributed by atoms with Crippen LogP contribution in [0.4, 0.5) is 13.6 Å². The van der Waals surface area contributed by atoms with Gasteiger partial charge in [-0.1, -0.05) is 24.3 Å². The Kier molecular flexibility index (Phi) is 3.89. The van der Waals surface area contributed by atoms with E-state index in [4.69, 9.17) is 0 Å². The van der Waals surface area contributed by atoms with Crippen molar-refractivity contribution in [1.82, 2.24) is 10.2 Å². The number of carbonyl (C=O) groups is 2. The molecule has 0 radical (unpaired) electrons. The van der Waals surface area contributed by atoms with Gasteiger partial charge >= 0.3 is 6.03 Å². The van der Waals surface area contributed by atoms with E-state index in [9.17, 15) is 18.4 Å². The predicted molar refractivity (Wildman–Crippen MR) is 79.9 cm³/mol. The van der Waals surface area contributed by atoms with E-state index in [0.717, 1.165) is 4.90 Å². The number of hydrogen-bond acceptors (Lipinski definition) is 2. The normalized spacial score (nSPS) is 16.1. The van der Waals surface area contributed by atoms with Gasteiger partial charge in [0.25, 0.3) is 5.91 Å². The Morgan fingerprint density at radius 1 is 0.913 bits per heavy atom. The predicted octanol–water partition coefficient (Wildman–Crippen LogP) is 3.06. The molecule has 0 spiro atoms. The summed E-state index contributed by atoms with van der Waals surface area (Å²) < 4.78 is 25.8. The molecule has 1 aliphatic heterocycles. The summed E-state index contributed by atoms with van der Waals surface area (Å²) in [5.74, 6) is -1.25. The molecule has 1 N–H and O–H groups in total. The lowest BCUT2D eigenvalue weighted by atomic mass is 10.2. The van der Waals surface area contributed by atoms with Crippen LogP contribution in [-0.2, 0) is 11.3 Å². The molecule has 23 heavy (non-hydrogen) atoms. The maximum Gasteiger partial charge on any atom is 0.329 e. The molecule has 1 aliphatic rings. The molecule has 0 aliphatic carbocycles. The highest BCUT2D eigenvalue weighted by Gasteiger charge is 2.33. The van der Waals surface area contributed by atoms with Gasteiger partial charge in [-0.15, -0.1) is 0 Å². The van der Waals surface area contributed by atoms with Crippen LogP contribution in [0.15, 0.2) is 54.2 Å². The van der Waals surface area contributed by atoms with Gasteiger partial charge in [0, 0.05) is 0 Å². The number of nitrogens with one attached hydrogen (secondary N) is 1. The fourth-order valence-electron chi connectivity index (χ4n) is 2.21. The molecule has 116 valence electrons. The Bertz CT molecular complexity index is 783. The molecule has 1 saturated heterocycles. The first kappa shape index (κ1) is 14.9. The molecule has 0 bridgehead atoms. The van der Waals surface area contributed by atoms with Crippen LogP contribution < -0.4 is 5.32 Å². The molecule has 0 saturated carbocycles. The highest BCUT2D eigenvalue weighted by molar-refractivity contribution is 6.13. The molecular formula is C17H12F2N2O2. The molecule has 3 rings (SSSR count). The third-order valence-electron chi connectivity index (χ3n) is 3.40. The molecule has 6 heteroatoms. The monoisotopic (exact) mass is 314 g/mol. The van der Waals surface area contributed by atoms with E-state index in [1.54, 1.807) is 0 Å². The van der Waals surface area contributed by atoms with Crippen LogP contribution in [0.3, 0.4) is 0 Å². The molecule has 0 atom stereocenters. The standard InChI is InChI=1S/C17H12F2N2O2/c18-13-5-1-11(2-6-13)9-15-16(22)21(17(23)20-15)10-12-3-7-14(19)8-4-12/h1-9H,10H2,(H,20,23)/b15-9-. The van der Waals surface area contributed by atoms with Gasteiger partial charge in [0.2, 0.25) is 0 Å². The number of benzene rings is 2. The molecule has 2 aromatic carbocycles. The molecule has 0 aromatic heterocycles. The molecule has 3 amide bonds. The second kappa shape index (κ2) is 6.00. The van der Waals surface area contributed by atoms with Gasteiger partial charge in [0.1, 0.15) is 17.3 Å². The zero-order chi connectivity index (χ0) is 16.4. The second-order valence-corrected chi connectivity index (χ2v) is 5.06. The minimum atomic E-state index is -0.548. The summed E-state index contributed by atoms with van der Waals surface area (Å²) in [5, 5.41) is 2.48. The van der Waals surface area contributed by atoms with E-state index in [-0.39, 0.29) is 23.9 Å². The second-order valence-electron chi connectivity index (χ2n) is 5.06. The van der Waals surface area contributed by atoms with E-state index in [2.05, 4.69) is 5.32 Å². The maximum absolute atomic E-state index is 12.9. The fourth-order valence-corrected chi connectivity index (χ4v) is 2.21. The molecule has 1 fully saturated rings. The van der Waals surface area contributed by atoms with E-state index < -0.39 is 11.9 Å². The topological polar surface area (TPSA) is 49.4 Å². The average Bonchev–Trinajstić information content (AvgIpc) is 2.79. The minimum absolute atomic E-state index is 0.0473. The Morgan fingerprint density at radius 2 is 1.48 bits per heavy atom. The number of rotatable bonds is 3. The summed E-state index contributed by atoms with van der Waals surface area (Å²) in [6.45, 7) is 0.0473. The molecule has 1 heterocycles. The fraction of sp³-hybridized carbons (Fsp3) is 0.0588. The van der Waals surface area contributed by atoms with E-state index in [0.29, 0.717) is 11.1 Å². The van der Waals surface area contributed by atoms with Gasteiger partial charge in [0.05, 0.1) is 6.54 Å². The Balaban J connectivity index is 1.79. The van der Waals surface area contributed by atoms with Crippen LogP contribution in [0.25, 0.3) is 6.08 Å². The number of amides is 3. The van der Waals surface area contributed by atoms with Crippen LogP contribution in [-0.4, -0.2) is 16.8 Å². The van der Waals surface area contributed by atoms with Gasteiger partial charge in [0.15, 0.2) is 0 Å². The van der Waals surface area contributed by atoms with Crippen LogP contribution in [0.1, 0.15) is 11.1 Å². The van der Waals surface area contributed by atoms with Crippen molar-refractivity contribution in [3.63, 3.8) is 0 Å². The highest BCUT2D eigenvalue weighted by atomic mass is 19.1. The van der Waals surface area contributed by atoms with Crippen molar-refractivity contribution < 1.29 is 18.4 Å². The number of hydrogen-bond donors (Lipinski definition) is 1. The summed E-state index contributed by atoms with van der Waals surface area (Å²) in [4.78, 5) is 25.2. The van der Waals surface area contributed by atoms with Crippen molar-refractivity contribution in [3.05, 3.63) is 77.0 Å². The SMILES string of the molecule is O=C1N/C(=C\c2ccc(F)cc2)C(=O)N1Cc1ccc(F)cc1. The number of urea groups is 1. The van der Waals surface area contributed by atoms with E-state index in [1.165, 1.54) is 54.6 Å². The minimum Gasteiger partial charge on any atom is -0.303 e. The number of imide groups is 1. The van der Waals surface area contributed by atoms with Crippen molar-refractivity contribution in [2.24, 2.45) is 0 Å². The molecular weight excluding hydrogens is 302 g/mol. The lowest BCUT2D eigenvalue weighted by Gasteiger charge is -2.11. The molecule has 4 nitrogen and oxygen atoms in total. The van der Waals surface area contributed by atoms with Crippen molar-refractivity contribution in [2.45, 2.75) is 6.54 Å². The first-order valence-electron chi connectivity index (χ1n) is 6.87. The quantitative estimate of drug-likeness (QED) is 0.699. The van der Waals surface area contributed by atoms with Crippen molar-refractivity contribution in [1.29, 1.82) is 0 Å². The number of carbonyl (C=O) groups excluding carboxylic acids is 2. The zero-order valence-corrected chi connectivity index (χ0v) is 11.9. The van der Waals surface area contributed by atoms with Crippen molar-refractivity contribution >= 4 is 18.0 Å². The summed E-state index contributed by atoms with van der Waals surface area (Å²) in [5.41, 5.74) is 1.35. The maximum atomic E-state index is 12.9.